The average Bonchev–Trinajstić information content (AvgIpc) is 2.39. The molecule has 1 fully saturated rings. The van der Waals surface area contributed by atoms with Crippen LogP contribution in [0.15, 0.2) is 22.7 Å². The number of halogens is 2. The molecule has 2 rings (SSSR count). The summed E-state index contributed by atoms with van der Waals surface area (Å²) >= 11 is 3.39. The minimum absolute atomic E-state index is 0.135. The highest BCUT2D eigenvalue weighted by Crippen LogP contribution is 2.20. The van der Waals surface area contributed by atoms with E-state index in [1.54, 1.807) is 6.07 Å². The molecule has 1 aliphatic heterocycles. The molecule has 2 nitrogen and oxygen atoms in total. The van der Waals surface area contributed by atoms with E-state index in [0.29, 0.717) is 18.5 Å². The first-order valence-corrected chi connectivity index (χ1v) is 7.71. The summed E-state index contributed by atoms with van der Waals surface area (Å²) in [5.74, 6) is 0.526. The Morgan fingerprint density at radius 1 is 1.53 bits per heavy atom. The van der Waals surface area contributed by atoms with Crippen molar-refractivity contribution in [2.24, 2.45) is 5.92 Å². The summed E-state index contributed by atoms with van der Waals surface area (Å²) in [5.41, 5.74) is 0.727. The zero-order valence-electron chi connectivity index (χ0n) is 11.6. The third-order valence-electron chi connectivity index (χ3n) is 3.99. The molecule has 0 spiro atoms. The Bertz CT molecular complexity index is 425. The van der Waals surface area contributed by atoms with E-state index in [9.17, 15) is 4.39 Å². The van der Waals surface area contributed by atoms with Crippen LogP contribution in [-0.2, 0) is 6.54 Å². The average molecular weight is 329 g/mol. The monoisotopic (exact) mass is 328 g/mol. The Morgan fingerprint density at radius 3 is 3.05 bits per heavy atom. The van der Waals surface area contributed by atoms with Gasteiger partial charge in [-0.05, 0) is 57.5 Å². The standard InChI is InChI=1S/C15H22BrFN2/c1-11(12-4-3-7-19(2)10-12)18-9-13-8-14(16)5-6-15(13)17/h5-6,8,11-12,18H,3-4,7,9-10H2,1-2H3. The first-order chi connectivity index (χ1) is 9.06. The molecule has 1 heterocycles. The number of hydrogen-bond donors (Lipinski definition) is 1. The largest absolute Gasteiger partial charge is 0.310 e. The Hall–Kier alpha value is -0.450. The van der Waals surface area contributed by atoms with Gasteiger partial charge in [0.2, 0.25) is 0 Å². The van der Waals surface area contributed by atoms with Gasteiger partial charge in [0.1, 0.15) is 5.82 Å². The van der Waals surface area contributed by atoms with Crippen LogP contribution in [0.4, 0.5) is 4.39 Å². The second kappa shape index (κ2) is 6.82. The topological polar surface area (TPSA) is 15.3 Å². The first kappa shape index (κ1) is 14.9. The second-order valence-electron chi connectivity index (χ2n) is 5.57. The highest BCUT2D eigenvalue weighted by atomic mass is 79.9. The number of nitrogens with one attached hydrogen (secondary N) is 1. The molecule has 1 aliphatic rings. The van der Waals surface area contributed by atoms with Gasteiger partial charge in [0.05, 0.1) is 0 Å². The summed E-state index contributed by atoms with van der Waals surface area (Å²) in [6, 6.07) is 5.52. The maximum Gasteiger partial charge on any atom is 0.127 e. The van der Waals surface area contributed by atoms with Crippen LogP contribution < -0.4 is 5.32 Å². The van der Waals surface area contributed by atoms with Gasteiger partial charge in [-0.2, -0.15) is 0 Å². The Labute approximate surface area is 123 Å². The van der Waals surface area contributed by atoms with Gasteiger partial charge in [-0.3, -0.25) is 0 Å². The maximum atomic E-state index is 13.7. The van der Waals surface area contributed by atoms with E-state index in [1.807, 2.05) is 6.07 Å². The van der Waals surface area contributed by atoms with Gasteiger partial charge in [0, 0.05) is 29.2 Å². The number of benzene rings is 1. The molecule has 0 saturated carbocycles. The quantitative estimate of drug-likeness (QED) is 0.911. The van der Waals surface area contributed by atoms with Gasteiger partial charge in [0.15, 0.2) is 0 Å². The number of piperidine rings is 1. The van der Waals surface area contributed by atoms with E-state index in [1.165, 1.54) is 25.5 Å². The van der Waals surface area contributed by atoms with Gasteiger partial charge >= 0.3 is 0 Å². The predicted octanol–water partition coefficient (Wildman–Crippen LogP) is 3.41. The van der Waals surface area contributed by atoms with Crippen molar-refractivity contribution >= 4 is 15.9 Å². The third kappa shape index (κ3) is 4.26. The van der Waals surface area contributed by atoms with Crippen LogP contribution >= 0.6 is 15.9 Å². The van der Waals surface area contributed by atoms with Gasteiger partial charge in [-0.1, -0.05) is 15.9 Å². The Balaban J connectivity index is 1.89. The molecule has 0 radical (unpaired) electrons. The number of rotatable bonds is 4. The number of hydrogen-bond acceptors (Lipinski definition) is 2. The molecular formula is C15H22BrFN2. The molecule has 1 N–H and O–H groups in total. The first-order valence-electron chi connectivity index (χ1n) is 6.92. The van der Waals surface area contributed by atoms with Crippen molar-refractivity contribution in [3.63, 3.8) is 0 Å². The summed E-state index contributed by atoms with van der Waals surface area (Å²) in [6.07, 6.45) is 2.53. The van der Waals surface area contributed by atoms with Crippen LogP contribution in [0.25, 0.3) is 0 Å². The van der Waals surface area contributed by atoms with Crippen molar-refractivity contribution in [1.82, 2.24) is 10.2 Å². The summed E-state index contributed by atoms with van der Waals surface area (Å²) in [5, 5.41) is 3.47. The Kier molecular flexibility index (Phi) is 5.37. The van der Waals surface area contributed by atoms with Gasteiger partial charge < -0.3 is 10.2 Å². The van der Waals surface area contributed by atoms with Crippen LogP contribution in [0.2, 0.25) is 0 Å². The predicted molar refractivity (Wildman–Crippen MR) is 80.6 cm³/mol. The minimum Gasteiger partial charge on any atom is -0.310 e. The van der Waals surface area contributed by atoms with Crippen molar-refractivity contribution in [3.8, 4) is 0 Å². The van der Waals surface area contributed by atoms with Crippen LogP contribution in [0.3, 0.4) is 0 Å². The zero-order valence-corrected chi connectivity index (χ0v) is 13.2. The lowest BCUT2D eigenvalue weighted by Gasteiger charge is -2.34. The lowest BCUT2D eigenvalue weighted by Crippen LogP contribution is -2.42. The van der Waals surface area contributed by atoms with Crippen LogP contribution in [0.5, 0.6) is 0 Å². The second-order valence-corrected chi connectivity index (χ2v) is 6.49. The van der Waals surface area contributed by atoms with Gasteiger partial charge in [-0.25, -0.2) is 4.39 Å². The summed E-state index contributed by atoms with van der Waals surface area (Å²) in [6.45, 7) is 5.13. The molecule has 0 bridgehead atoms. The smallest absolute Gasteiger partial charge is 0.127 e. The molecule has 19 heavy (non-hydrogen) atoms. The molecule has 1 saturated heterocycles. The van der Waals surface area contributed by atoms with Gasteiger partial charge in [0.25, 0.3) is 0 Å². The fourth-order valence-electron chi connectivity index (χ4n) is 2.73. The van der Waals surface area contributed by atoms with Crippen molar-refractivity contribution in [2.75, 3.05) is 20.1 Å². The molecule has 2 atom stereocenters. The van der Waals surface area contributed by atoms with E-state index in [-0.39, 0.29) is 5.82 Å². The van der Waals surface area contributed by atoms with E-state index in [4.69, 9.17) is 0 Å². The highest BCUT2D eigenvalue weighted by Gasteiger charge is 2.22. The SMILES string of the molecule is CC(NCc1cc(Br)ccc1F)C1CCCN(C)C1. The summed E-state index contributed by atoms with van der Waals surface area (Å²) in [7, 11) is 2.17. The molecule has 0 aromatic heterocycles. The maximum absolute atomic E-state index is 13.7. The summed E-state index contributed by atoms with van der Waals surface area (Å²) < 4.78 is 14.6. The molecule has 0 amide bonds. The molecule has 106 valence electrons. The van der Waals surface area contributed by atoms with Gasteiger partial charge in [-0.15, -0.1) is 0 Å². The molecule has 4 heteroatoms. The van der Waals surface area contributed by atoms with E-state index in [0.717, 1.165) is 16.6 Å². The van der Waals surface area contributed by atoms with Crippen molar-refractivity contribution < 1.29 is 4.39 Å². The lowest BCUT2D eigenvalue weighted by molar-refractivity contribution is 0.178. The van der Waals surface area contributed by atoms with Crippen LogP contribution in [0.1, 0.15) is 25.3 Å². The van der Waals surface area contributed by atoms with Crippen LogP contribution in [0, 0.1) is 11.7 Å². The molecule has 0 aliphatic carbocycles. The fraction of sp³-hybridized carbons (Fsp3) is 0.600. The van der Waals surface area contributed by atoms with E-state index in [2.05, 4.69) is 40.1 Å². The van der Waals surface area contributed by atoms with Crippen LogP contribution in [-0.4, -0.2) is 31.1 Å². The van der Waals surface area contributed by atoms with Crippen molar-refractivity contribution in [2.45, 2.75) is 32.4 Å². The molecule has 2 unspecified atom stereocenters. The van der Waals surface area contributed by atoms with E-state index >= 15 is 0 Å². The zero-order chi connectivity index (χ0) is 13.8. The molecule has 1 aromatic carbocycles. The van der Waals surface area contributed by atoms with Crippen molar-refractivity contribution in [1.29, 1.82) is 0 Å². The van der Waals surface area contributed by atoms with E-state index < -0.39 is 0 Å². The normalized spacial score (nSPS) is 22.4. The summed E-state index contributed by atoms with van der Waals surface area (Å²) in [4.78, 5) is 2.38. The molecular weight excluding hydrogens is 307 g/mol. The lowest BCUT2D eigenvalue weighted by atomic mass is 9.92. The van der Waals surface area contributed by atoms with Crippen molar-refractivity contribution in [3.05, 3.63) is 34.1 Å². The fourth-order valence-corrected chi connectivity index (χ4v) is 3.14. The number of nitrogens with zero attached hydrogens (tertiary/aromatic N) is 1. The molecule has 1 aromatic rings. The Morgan fingerprint density at radius 2 is 2.32 bits per heavy atom. The number of likely N-dealkylation sites (tertiary alicyclic amines) is 1. The minimum atomic E-state index is -0.135. The highest BCUT2D eigenvalue weighted by molar-refractivity contribution is 9.10. The third-order valence-corrected chi connectivity index (χ3v) is 4.48.